The summed E-state index contributed by atoms with van der Waals surface area (Å²) in [5.41, 5.74) is 4.79. The molecule has 1 aliphatic rings. The van der Waals surface area contributed by atoms with Crippen LogP contribution in [0.5, 0.6) is 11.5 Å². The lowest BCUT2D eigenvalue weighted by molar-refractivity contribution is -0.140. The van der Waals surface area contributed by atoms with Gasteiger partial charge in [-0.05, 0) is 102 Å². The van der Waals surface area contributed by atoms with Crippen LogP contribution in [0, 0.1) is 25.7 Å². The van der Waals surface area contributed by atoms with Gasteiger partial charge in [-0.15, -0.1) is 0 Å². The van der Waals surface area contributed by atoms with Crippen LogP contribution in [0.4, 0.5) is 34.6 Å². The number of H-pyrrole nitrogens is 1. The number of carbonyl (C=O) groups excluding carboxylic acids is 1. The van der Waals surface area contributed by atoms with Crippen LogP contribution >= 0.6 is 0 Å². The summed E-state index contributed by atoms with van der Waals surface area (Å²) in [5.74, 6) is 7.06. The molecule has 5 N–H and O–H groups in total. The summed E-state index contributed by atoms with van der Waals surface area (Å²) in [4.78, 5) is 34.8. The molecule has 3 atom stereocenters. The van der Waals surface area contributed by atoms with Crippen molar-refractivity contribution in [1.82, 2.24) is 29.9 Å². The predicted molar refractivity (Wildman–Crippen MR) is 266 cm³/mol. The minimum absolute atomic E-state index is 0.107. The van der Waals surface area contributed by atoms with Crippen LogP contribution < -0.4 is 36.3 Å². The van der Waals surface area contributed by atoms with Crippen LogP contribution in [0.2, 0.25) is 0 Å². The number of benzene rings is 2. The van der Waals surface area contributed by atoms with Crippen LogP contribution in [0.1, 0.15) is 48.6 Å². The Morgan fingerprint density at radius 1 is 1.08 bits per heavy atom. The molecule has 6 aromatic rings. The number of halogens is 4. The van der Waals surface area contributed by atoms with E-state index in [4.69, 9.17) is 18.7 Å². The number of rotatable bonds is 19. The van der Waals surface area contributed by atoms with Gasteiger partial charge in [0.2, 0.25) is 0 Å². The van der Waals surface area contributed by atoms with Crippen molar-refractivity contribution >= 4 is 44.7 Å². The van der Waals surface area contributed by atoms with Crippen molar-refractivity contribution in [3.05, 3.63) is 106 Å². The number of aryl methyl sites for hydroxylation is 2. The third-order valence-corrected chi connectivity index (χ3v) is 12.6. The molecule has 1 aliphatic heterocycles. The Labute approximate surface area is 411 Å². The molecule has 71 heavy (non-hydrogen) atoms. The number of methoxy groups -OCH3 is 1. The Kier molecular flexibility index (Phi) is 19.0. The zero-order chi connectivity index (χ0) is 51.1. The van der Waals surface area contributed by atoms with Crippen LogP contribution in [0.15, 0.2) is 87.3 Å². The van der Waals surface area contributed by atoms with Gasteiger partial charge < -0.3 is 54.5 Å². The number of nitrogens with one attached hydrogen (secondary N) is 5. The molecular weight excluding hydrogens is 947 g/mol. The fraction of sp³-hybridized carbons (Fsp3) is 0.400. The molecule has 1 saturated heterocycles. The van der Waals surface area contributed by atoms with E-state index in [1.807, 2.05) is 25.8 Å². The van der Waals surface area contributed by atoms with Crippen molar-refractivity contribution in [1.29, 1.82) is 0 Å². The lowest BCUT2D eigenvalue weighted by Gasteiger charge is -2.24. The van der Waals surface area contributed by atoms with Gasteiger partial charge in [0.15, 0.2) is 6.61 Å². The number of nitrogens with zero attached hydrogens (tertiary/aromatic N) is 4. The van der Waals surface area contributed by atoms with E-state index in [1.165, 1.54) is 7.11 Å². The maximum Gasteiger partial charge on any atom is 0.406 e. The summed E-state index contributed by atoms with van der Waals surface area (Å²) in [6.07, 6.45) is -0.0345. The van der Waals surface area contributed by atoms with Crippen molar-refractivity contribution < 1.29 is 45.3 Å². The molecule has 2 aromatic carbocycles. The number of alkyl halides is 4. The Bertz CT molecular complexity index is 2870. The number of ether oxygens (including phenoxy) is 3. The van der Waals surface area contributed by atoms with Crippen LogP contribution in [-0.4, -0.2) is 120 Å². The summed E-state index contributed by atoms with van der Waals surface area (Å²) in [5, 5.41) is 16.7. The summed E-state index contributed by atoms with van der Waals surface area (Å²) in [6.45, 7) is 6.42. The molecule has 1 amide bonds. The first-order valence-electron chi connectivity index (χ1n) is 22.9. The van der Waals surface area contributed by atoms with E-state index < -0.39 is 29.7 Å². The highest BCUT2D eigenvalue weighted by molar-refractivity contribution is 7.85. The molecule has 380 valence electrons. The van der Waals surface area contributed by atoms with Crippen molar-refractivity contribution in [2.45, 2.75) is 63.4 Å². The van der Waals surface area contributed by atoms with Gasteiger partial charge in [-0.25, -0.2) is 4.39 Å². The maximum absolute atomic E-state index is 13.4. The van der Waals surface area contributed by atoms with Gasteiger partial charge in [0.25, 0.3) is 11.5 Å². The summed E-state index contributed by atoms with van der Waals surface area (Å²) in [6, 6.07) is 16.4. The number of anilines is 3. The molecule has 0 radical (unpaired) electrons. The third kappa shape index (κ3) is 15.3. The van der Waals surface area contributed by atoms with Gasteiger partial charge in [0.05, 0.1) is 77.7 Å². The van der Waals surface area contributed by atoms with Crippen LogP contribution in [0.25, 0.3) is 22.0 Å². The molecule has 7 rings (SSSR count). The van der Waals surface area contributed by atoms with Gasteiger partial charge in [0.1, 0.15) is 35.7 Å². The number of carbonyl (C=O) groups is 1. The smallest absolute Gasteiger partial charge is 0.406 e. The number of likely N-dealkylation sites (tertiary alicyclic amines) is 1. The molecular formula is C50H59F4N9O7S. The minimum Gasteiger partial charge on any atom is -0.495 e. The largest absolute Gasteiger partial charge is 0.495 e. The number of amides is 1. The standard InChI is InChI=1S/C44H47F3N8O7S.C6H12FN/c1-27(53-38-20-30(24-52-43(38)57)42-28(2)54-62-29(42)3)37-22-32(13-15-50-37)61-25-41(56)51-16-17-60-18-19-63(58)33-11-12-36(40(23-33)59-5)49-14-7-8-31-21-34-35(48-4)9-6-10-39(34)55(31)26-44(45,46)47;1-8-4-2-3-6(7)5-8/h6,9-13,15,20-24,27,48-49,53H,14,16-19,25-26H2,1-5H3,(H,51,56)(H,52,57);6H,2-5H2,1H3. The Balaban J connectivity index is 0.000000937. The fourth-order valence-corrected chi connectivity index (χ4v) is 8.76. The summed E-state index contributed by atoms with van der Waals surface area (Å²) < 4.78 is 89.0. The van der Waals surface area contributed by atoms with E-state index in [9.17, 15) is 31.4 Å². The van der Waals surface area contributed by atoms with Crippen LogP contribution in [-0.2, 0) is 26.9 Å². The van der Waals surface area contributed by atoms with E-state index in [0.29, 0.717) is 68.1 Å². The lowest BCUT2D eigenvalue weighted by Crippen LogP contribution is -2.32. The second kappa shape index (κ2) is 25.3. The number of aromatic nitrogens is 4. The van der Waals surface area contributed by atoms with Gasteiger partial charge in [-0.3, -0.25) is 18.8 Å². The second-order valence-electron chi connectivity index (χ2n) is 16.7. The van der Waals surface area contributed by atoms with E-state index in [2.05, 4.69) is 48.2 Å². The van der Waals surface area contributed by atoms with Crippen molar-refractivity contribution in [2.24, 2.45) is 0 Å². The summed E-state index contributed by atoms with van der Waals surface area (Å²) >= 11 is 0. The molecule has 1 fully saturated rings. The van der Waals surface area contributed by atoms with Crippen LogP contribution in [0.3, 0.4) is 0 Å². The average Bonchev–Trinajstić information content (AvgIpc) is 3.87. The first kappa shape index (κ1) is 53.5. The highest BCUT2D eigenvalue weighted by atomic mass is 32.2. The molecule has 16 nitrogen and oxygen atoms in total. The Morgan fingerprint density at radius 2 is 1.90 bits per heavy atom. The number of fused-ring (bicyclic) bond motifs is 1. The van der Waals surface area contributed by atoms with E-state index in [1.54, 1.807) is 87.0 Å². The zero-order valence-electron chi connectivity index (χ0n) is 40.4. The lowest BCUT2D eigenvalue weighted by atomic mass is 10.1. The highest BCUT2D eigenvalue weighted by Gasteiger charge is 2.30. The predicted octanol–water partition coefficient (Wildman–Crippen LogP) is 7.62. The molecule has 21 heteroatoms. The molecule has 5 heterocycles. The van der Waals surface area contributed by atoms with Crippen molar-refractivity contribution in [3.8, 4) is 34.5 Å². The van der Waals surface area contributed by atoms with Gasteiger partial charge in [-0.2, -0.15) is 13.2 Å². The SMILES string of the molecule is CN1CCCC(F)C1.CNc1cccc2c1cc(C#CCNc1ccc(S(=O)CCOCCNC(=O)COc3ccnc(C(C)Nc4cc(-c5c(C)noc5C)c[nH]c4=O)c3)cc1OC)n2CC(F)(F)F. The number of hydrogen-bond donors (Lipinski definition) is 5. The molecule has 0 aliphatic carbocycles. The monoisotopic (exact) mass is 1010 g/mol. The van der Waals surface area contributed by atoms with Gasteiger partial charge in [0, 0.05) is 65.7 Å². The first-order chi connectivity index (χ1) is 34.0. The number of hydrogen-bond acceptors (Lipinski definition) is 13. The average molecular weight is 1010 g/mol. The van der Waals surface area contributed by atoms with Crippen molar-refractivity contribution in [3.63, 3.8) is 0 Å². The topological polar surface area (TPSA) is 190 Å². The van der Waals surface area contributed by atoms with E-state index >= 15 is 0 Å². The molecule has 3 unspecified atom stereocenters. The minimum atomic E-state index is -4.43. The molecule has 0 spiro atoms. The molecule has 0 saturated carbocycles. The normalized spacial score (nSPS) is 14.6. The van der Waals surface area contributed by atoms with E-state index in [0.717, 1.165) is 35.1 Å². The number of piperidine rings is 1. The quantitative estimate of drug-likeness (QED) is 0.0303. The second-order valence-corrected chi connectivity index (χ2v) is 18.2. The van der Waals surface area contributed by atoms with Gasteiger partial charge >= 0.3 is 6.18 Å². The zero-order valence-corrected chi connectivity index (χ0v) is 41.2. The number of aromatic amines is 1. The first-order valence-corrected chi connectivity index (χ1v) is 24.2. The maximum atomic E-state index is 13.4. The molecule has 4 aromatic heterocycles. The number of pyridine rings is 2. The van der Waals surface area contributed by atoms with E-state index in [-0.39, 0.29) is 61.9 Å². The third-order valence-electron chi connectivity index (χ3n) is 11.3. The fourth-order valence-electron chi connectivity index (χ4n) is 7.80. The Hall–Kier alpha value is -6.89. The Morgan fingerprint density at radius 3 is 2.61 bits per heavy atom. The van der Waals surface area contributed by atoms with Gasteiger partial charge in [-0.1, -0.05) is 17.1 Å². The molecule has 0 bridgehead atoms. The highest BCUT2D eigenvalue weighted by Crippen LogP contribution is 2.31. The van der Waals surface area contributed by atoms with Crippen molar-refractivity contribution in [2.75, 3.05) is 88.9 Å². The summed E-state index contributed by atoms with van der Waals surface area (Å²) in [7, 11) is 3.72.